The van der Waals surface area contributed by atoms with Crippen LogP contribution < -0.4 is 10.6 Å². The second-order valence-electron chi connectivity index (χ2n) is 13.1. The standard InChI is InChI=1S/C31H41N3O9/c1-10-15(35)43-26-17-12(2)16-14(33(6)7)11-13(30(3,4)5)23(36)18(16)24(37)19(17)27(39)31(42)21(26)22(34(8)9)25(38)20(28(31)40)29(32)41/h11-12,17,21-22,26,36,38-39,42H,10H2,1-9H3,(H2,32,41)/t12-,17+,21+,22-,26-,31-/m1/s1. The molecule has 1 aromatic carbocycles. The normalized spacial score (nSPS) is 28.9. The number of phenolic OH excluding ortho intramolecular Hbond substituents is 1. The van der Waals surface area contributed by atoms with Gasteiger partial charge in [0.25, 0.3) is 5.91 Å². The molecule has 12 heteroatoms. The number of ketones is 2. The van der Waals surface area contributed by atoms with Gasteiger partial charge in [0.2, 0.25) is 5.78 Å². The van der Waals surface area contributed by atoms with Crippen LogP contribution in [0.3, 0.4) is 0 Å². The molecule has 6 atom stereocenters. The summed E-state index contributed by atoms with van der Waals surface area (Å²) in [6.07, 6.45) is -1.53. The SMILES string of the molecule is CCC(=O)O[C@@H]1[C@@H]2C(=C(O)[C@@]3(O)C(=O)C(C(N)=O)=C(O)[C@H](N(C)C)[C@@H]13)C(=O)c1c(O)c(C(C)(C)C)cc(N(C)C)c1[C@H]2C. The van der Waals surface area contributed by atoms with Crippen molar-refractivity contribution in [1.82, 2.24) is 4.90 Å². The molecule has 0 unspecified atom stereocenters. The highest BCUT2D eigenvalue weighted by Gasteiger charge is 2.68. The number of carbonyl (C=O) groups is 4. The van der Waals surface area contributed by atoms with Crippen molar-refractivity contribution < 1.29 is 44.3 Å². The maximum absolute atomic E-state index is 14.5. The molecule has 0 fully saturated rings. The number of hydrogen-bond acceptors (Lipinski definition) is 11. The number of primary amides is 1. The van der Waals surface area contributed by atoms with Crippen molar-refractivity contribution in [3.63, 3.8) is 0 Å². The number of aromatic hydroxyl groups is 1. The number of fused-ring (bicyclic) bond motifs is 3. The van der Waals surface area contributed by atoms with Gasteiger partial charge in [-0.05, 0) is 37.1 Å². The van der Waals surface area contributed by atoms with Crippen molar-refractivity contribution >= 4 is 29.1 Å². The molecule has 0 aromatic heterocycles. The molecule has 12 nitrogen and oxygen atoms in total. The van der Waals surface area contributed by atoms with Crippen LogP contribution in [0.1, 0.15) is 68.4 Å². The van der Waals surface area contributed by atoms with E-state index in [0.717, 1.165) is 0 Å². The van der Waals surface area contributed by atoms with Crippen molar-refractivity contribution in [3.05, 3.63) is 45.4 Å². The third kappa shape index (κ3) is 4.41. The minimum atomic E-state index is -2.98. The number of esters is 1. The van der Waals surface area contributed by atoms with Crippen LogP contribution >= 0.6 is 0 Å². The number of likely N-dealkylation sites (N-methyl/N-ethyl adjacent to an activating group) is 1. The number of amides is 1. The molecule has 0 radical (unpaired) electrons. The summed E-state index contributed by atoms with van der Waals surface area (Å²) >= 11 is 0. The van der Waals surface area contributed by atoms with Gasteiger partial charge in [-0.3, -0.25) is 24.1 Å². The fourth-order valence-corrected chi connectivity index (χ4v) is 7.04. The molecule has 3 aliphatic carbocycles. The Labute approximate surface area is 250 Å². The summed E-state index contributed by atoms with van der Waals surface area (Å²) in [5, 5.41) is 46.7. The average molecular weight is 600 g/mol. The number of ether oxygens (including phenoxy) is 1. The zero-order chi connectivity index (χ0) is 32.7. The Balaban J connectivity index is 2.18. The first-order valence-corrected chi connectivity index (χ1v) is 14.2. The number of anilines is 1. The first-order chi connectivity index (χ1) is 19.7. The fraction of sp³-hybridized carbons (Fsp3) is 0.548. The van der Waals surface area contributed by atoms with Gasteiger partial charge in [-0.15, -0.1) is 0 Å². The summed E-state index contributed by atoms with van der Waals surface area (Å²) < 4.78 is 5.91. The lowest BCUT2D eigenvalue weighted by molar-refractivity contribution is -0.180. The Kier molecular flexibility index (Phi) is 7.73. The third-order valence-electron chi connectivity index (χ3n) is 9.02. The molecule has 43 heavy (non-hydrogen) atoms. The van der Waals surface area contributed by atoms with Crippen molar-refractivity contribution in [2.75, 3.05) is 33.1 Å². The lowest BCUT2D eigenvalue weighted by atomic mass is 9.54. The van der Waals surface area contributed by atoms with Gasteiger partial charge in [0.15, 0.2) is 11.4 Å². The van der Waals surface area contributed by atoms with Gasteiger partial charge in [0.1, 0.15) is 28.9 Å². The Morgan fingerprint density at radius 3 is 2.14 bits per heavy atom. The predicted molar refractivity (Wildman–Crippen MR) is 157 cm³/mol. The highest BCUT2D eigenvalue weighted by Crippen LogP contribution is 2.58. The zero-order valence-electron chi connectivity index (χ0n) is 26.0. The lowest BCUT2D eigenvalue weighted by Gasteiger charge is -2.54. The zero-order valence-corrected chi connectivity index (χ0v) is 26.0. The van der Waals surface area contributed by atoms with E-state index in [4.69, 9.17) is 10.5 Å². The first-order valence-electron chi connectivity index (χ1n) is 14.2. The predicted octanol–water partition coefficient (Wildman–Crippen LogP) is 1.98. The molecule has 6 N–H and O–H groups in total. The Morgan fingerprint density at radius 1 is 1.09 bits per heavy atom. The van der Waals surface area contributed by atoms with Crippen LogP contribution in [0.25, 0.3) is 0 Å². The van der Waals surface area contributed by atoms with Crippen LogP contribution in [-0.4, -0.2) is 94.7 Å². The molecular formula is C31H41N3O9. The van der Waals surface area contributed by atoms with Crippen molar-refractivity contribution in [3.8, 4) is 5.75 Å². The van der Waals surface area contributed by atoms with Gasteiger partial charge in [-0.25, -0.2) is 0 Å². The monoisotopic (exact) mass is 599 g/mol. The molecule has 234 valence electrons. The average Bonchev–Trinajstić information content (AvgIpc) is 2.88. The van der Waals surface area contributed by atoms with E-state index in [1.807, 2.05) is 20.8 Å². The molecule has 1 aromatic rings. The second-order valence-corrected chi connectivity index (χ2v) is 13.1. The molecule has 0 heterocycles. The van der Waals surface area contributed by atoms with Crippen LogP contribution in [0.15, 0.2) is 28.7 Å². The number of nitrogens with two attached hydrogens (primary N) is 1. The topological polar surface area (TPSA) is 191 Å². The maximum atomic E-state index is 14.5. The van der Waals surface area contributed by atoms with Crippen molar-refractivity contribution in [2.45, 2.75) is 70.1 Å². The van der Waals surface area contributed by atoms with Crippen LogP contribution in [0.5, 0.6) is 5.75 Å². The summed E-state index contributed by atoms with van der Waals surface area (Å²) in [6, 6.07) is 0.455. The van der Waals surface area contributed by atoms with Crippen LogP contribution in [-0.2, 0) is 24.5 Å². The van der Waals surface area contributed by atoms with Gasteiger partial charge in [0, 0.05) is 43.3 Å². The molecule has 0 saturated carbocycles. The highest BCUT2D eigenvalue weighted by molar-refractivity contribution is 6.25. The molecule has 0 bridgehead atoms. The molecule has 3 aliphatic rings. The number of Topliss-reactive ketones (excluding diaryl/α,β-unsaturated/α-hetero) is 2. The quantitative estimate of drug-likeness (QED) is 0.246. The van der Waals surface area contributed by atoms with Crippen LogP contribution in [0.2, 0.25) is 0 Å². The van der Waals surface area contributed by atoms with Gasteiger partial charge in [0.05, 0.1) is 17.5 Å². The van der Waals surface area contributed by atoms with Crippen LogP contribution in [0.4, 0.5) is 5.69 Å². The molecule has 0 spiro atoms. The lowest BCUT2D eigenvalue weighted by Crippen LogP contribution is -2.69. The van der Waals surface area contributed by atoms with Crippen molar-refractivity contribution in [2.24, 2.45) is 17.6 Å². The largest absolute Gasteiger partial charge is 0.510 e. The highest BCUT2D eigenvalue weighted by atomic mass is 16.5. The maximum Gasteiger partial charge on any atom is 0.305 e. The van der Waals surface area contributed by atoms with E-state index in [1.54, 1.807) is 38.9 Å². The van der Waals surface area contributed by atoms with E-state index in [-0.39, 0.29) is 17.7 Å². The first kappa shape index (κ1) is 32.0. The fourth-order valence-electron chi connectivity index (χ4n) is 7.04. The molecule has 0 saturated heterocycles. The molecule has 4 rings (SSSR count). The van der Waals surface area contributed by atoms with Gasteiger partial charge in [-0.1, -0.05) is 34.6 Å². The Morgan fingerprint density at radius 2 is 1.67 bits per heavy atom. The van der Waals surface area contributed by atoms with Gasteiger partial charge < -0.3 is 35.8 Å². The molecule has 0 aliphatic heterocycles. The number of hydrogen-bond donors (Lipinski definition) is 5. The van der Waals surface area contributed by atoms with Crippen molar-refractivity contribution in [1.29, 1.82) is 0 Å². The number of aliphatic hydroxyl groups excluding tert-OH is 2. The number of nitrogens with zero attached hydrogens (tertiary/aromatic N) is 2. The summed E-state index contributed by atoms with van der Waals surface area (Å²) in [7, 11) is 6.57. The third-order valence-corrected chi connectivity index (χ3v) is 9.02. The number of benzene rings is 1. The summed E-state index contributed by atoms with van der Waals surface area (Å²) in [4.78, 5) is 56.8. The minimum Gasteiger partial charge on any atom is -0.510 e. The molecule has 1 amide bonds. The summed E-state index contributed by atoms with van der Waals surface area (Å²) in [6.45, 7) is 8.88. The van der Waals surface area contributed by atoms with E-state index >= 15 is 0 Å². The van der Waals surface area contributed by atoms with Gasteiger partial charge >= 0.3 is 5.97 Å². The number of carbonyl (C=O) groups excluding carboxylic acids is 4. The van der Waals surface area contributed by atoms with E-state index in [1.165, 1.54) is 19.0 Å². The van der Waals surface area contributed by atoms with E-state index in [9.17, 15) is 39.6 Å². The summed E-state index contributed by atoms with van der Waals surface area (Å²) in [5.74, 6) is -9.82. The van der Waals surface area contributed by atoms with E-state index in [0.29, 0.717) is 16.8 Å². The van der Waals surface area contributed by atoms with Gasteiger partial charge in [-0.2, -0.15) is 0 Å². The number of aliphatic hydroxyl groups is 3. The Hall–Kier alpha value is -3.90. The number of rotatable bonds is 5. The smallest absolute Gasteiger partial charge is 0.305 e. The van der Waals surface area contributed by atoms with Crippen LogP contribution in [0, 0.1) is 11.8 Å². The second kappa shape index (κ2) is 10.4. The van der Waals surface area contributed by atoms with E-state index < -0.39 is 87.0 Å². The number of phenols is 1. The minimum absolute atomic E-state index is 0.0913. The Bertz CT molecular complexity index is 1500. The van der Waals surface area contributed by atoms with E-state index in [2.05, 4.69) is 0 Å². The summed E-state index contributed by atoms with van der Waals surface area (Å²) in [5.41, 5.74) is 1.90. The molecular weight excluding hydrogens is 558 g/mol.